The highest BCUT2D eigenvalue weighted by atomic mass is 35.5. The van der Waals surface area contributed by atoms with Crippen LogP contribution in [-0.4, -0.2) is 28.2 Å². The van der Waals surface area contributed by atoms with Crippen molar-refractivity contribution >= 4 is 47.0 Å². The van der Waals surface area contributed by atoms with Crippen LogP contribution < -0.4 is 5.32 Å². The van der Waals surface area contributed by atoms with Crippen molar-refractivity contribution in [2.45, 2.75) is 20.8 Å². The summed E-state index contributed by atoms with van der Waals surface area (Å²) in [5.74, 6) is -0.822. The van der Waals surface area contributed by atoms with Crippen LogP contribution in [0.1, 0.15) is 22.7 Å². The molecule has 0 unspecified atom stereocenters. The van der Waals surface area contributed by atoms with Gasteiger partial charge in [0.1, 0.15) is 17.4 Å². The average molecular weight is 473 g/mol. The van der Waals surface area contributed by atoms with E-state index < -0.39 is 18.5 Å². The third kappa shape index (κ3) is 5.02. The van der Waals surface area contributed by atoms with E-state index in [1.165, 1.54) is 12.1 Å². The van der Waals surface area contributed by atoms with Gasteiger partial charge < -0.3 is 19.1 Å². The molecule has 2 heterocycles. The highest BCUT2D eigenvalue weighted by Gasteiger charge is 2.18. The summed E-state index contributed by atoms with van der Waals surface area (Å²) in [4.78, 5) is 24.3. The van der Waals surface area contributed by atoms with E-state index in [0.717, 1.165) is 11.4 Å². The fourth-order valence-electron chi connectivity index (χ4n) is 3.07. The van der Waals surface area contributed by atoms with Crippen LogP contribution in [0.4, 0.5) is 5.82 Å². The number of carbonyl (C=O) groups excluding carboxylic acids is 2. The van der Waals surface area contributed by atoms with E-state index in [-0.39, 0.29) is 11.4 Å². The summed E-state index contributed by atoms with van der Waals surface area (Å²) in [6.45, 7) is 4.77. The van der Waals surface area contributed by atoms with Gasteiger partial charge in [-0.1, -0.05) is 34.4 Å². The number of amides is 1. The lowest BCUT2D eigenvalue weighted by molar-refractivity contribution is -0.142. The lowest BCUT2D eigenvalue weighted by atomic mass is 10.1. The molecule has 1 amide bonds. The minimum Gasteiger partial charge on any atom is -0.451 e. The maximum atomic E-state index is 12.3. The fraction of sp³-hybridized carbons (Fsp3) is 0.182. The van der Waals surface area contributed by atoms with E-state index in [1.54, 1.807) is 25.1 Å². The number of aryl methyl sites for hydroxylation is 2. The lowest BCUT2D eigenvalue weighted by Crippen LogP contribution is -2.21. The van der Waals surface area contributed by atoms with Crippen LogP contribution in [0.3, 0.4) is 0 Å². The molecule has 0 aliphatic heterocycles. The number of ether oxygens (including phenoxy) is 1. The van der Waals surface area contributed by atoms with Gasteiger partial charge in [-0.25, -0.2) is 4.79 Å². The molecule has 2 aromatic heterocycles. The lowest BCUT2D eigenvalue weighted by Gasteiger charge is -2.12. The molecule has 3 aromatic rings. The number of nitrogens with one attached hydrogen (secondary N) is 1. The van der Waals surface area contributed by atoms with Crippen molar-refractivity contribution in [2.75, 3.05) is 11.9 Å². The van der Waals surface area contributed by atoms with Crippen molar-refractivity contribution in [1.82, 2.24) is 9.72 Å². The Morgan fingerprint density at radius 1 is 1.28 bits per heavy atom. The molecule has 164 valence electrons. The van der Waals surface area contributed by atoms with Crippen molar-refractivity contribution in [3.8, 4) is 11.8 Å². The second kappa shape index (κ2) is 9.73. The number of hydrogen-bond donors (Lipinski definition) is 1. The zero-order valence-electron chi connectivity index (χ0n) is 17.4. The number of aromatic nitrogens is 2. The summed E-state index contributed by atoms with van der Waals surface area (Å²) in [5, 5.41) is 16.3. The van der Waals surface area contributed by atoms with Crippen molar-refractivity contribution < 1.29 is 18.8 Å². The number of halogens is 2. The summed E-state index contributed by atoms with van der Waals surface area (Å²) in [6, 6.07) is 10.4. The van der Waals surface area contributed by atoms with Crippen LogP contribution in [-0.2, 0) is 14.3 Å². The first kappa shape index (κ1) is 23.1. The third-order valence-corrected chi connectivity index (χ3v) is 5.32. The van der Waals surface area contributed by atoms with Gasteiger partial charge in [0.15, 0.2) is 12.4 Å². The molecule has 0 spiro atoms. The molecule has 3 rings (SSSR count). The predicted molar refractivity (Wildman–Crippen MR) is 120 cm³/mol. The zero-order valence-corrected chi connectivity index (χ0v) is 18.9. The predicted octanol–water partition coefficient (Wildman–Crippen LogP) is 4.79. The van der Waals surface area contributed by atoms with Gasteiger partial charge in [0.2, 0.25) is 0 Å². The first-order chi connectivity index (χ1) is 15.2. The Morgan fingerprint density at radius 3 is 2.69 bits per heavy atom. The number of carbonyl (C=O) groups is 2. The van der Waals surface area contributed by atoms with Gasteiger partial charge in [-0.2, -0.15) is 5.26 Å². The van der Waals surface area contributed by atoms with Crippen LogP contribution in [0.25, 0.3) is 11.8 Å². The van der Waals surface area contributed by atoms with Crippen LogP contribution in [0, 0.1) is 32.1 Å². The highest BCUT2D eigenvalue weighted by molar-refractivity contribution is 6.43. The van der Waals surface area contributed by atoms with Crippen molar-refractivity contribution in [1.29, 1.82) is 5.26 Å². The Hall–Kier alpha value is -3.54. The Balaban J connectivity index is 1.77. The number of nitrogens with zero attached hydrogens (tertiary/aromatic N) is 3. The monoisotopic (exact) mass is 472 g/mol. The SMILES string of the molecule is Cc1cc(NC(=O)COC(=O)/C(C#N)=C/c2cc(C)n(-c3cccc(Cl)c3Cl)c2C)no1. The molecule has 8 nitrogen and oxygen atoms in total. The highest BCUT2D eigenvalue weighted by Crippen LogP contribution is 2.32. The quantitative estimate of drug-likeness (QED) is 0.313. The average Bonchev–Trinajstić information content (AvgIpc) is 3.28. The van der Waals surface area contributed by atoms with Crippen LogP contribution >= 0.6 is 23.2 Å². The van der Waals surface area contributed by atoms with Crippen LogP contribution in [0.2, 0.25) is 10.0 Å². The molecule has 0 saturated carbocycles. The Labute approximate surface area is 194 Å². The maximum absolute atomic E-state index is 12.3. The number of benzene rings is 1. The molecule has 0 atom stereocenters. The Kier molecular flexibility index (Phi) is 7.03. The van der Waals surface area contributed by atoms with Crippen molar-refractivity contribution in [3.05, 3.63) is 68.7 Å². The number of rotatable bonds is 6. The van der Waals surface area contributed by atoms with Crippen molar-refractivity contribution in [2.24, 2.45) is 0 Å². The maximum Gasteiger partial charge on any atom is 0.349 e. The smallest absolute Gasteiger partial charge is 0.349 e. The van der Waals surface area contributed by atoms with Gasteiger partial charge in [-0.05, 0) is 50.6 Å². The standard InChI is InChI=1S/C22H18Cl2N4O4/c1-12-7-15(14(3)28(12)18-6-4-5-17(23)21(18)24)9-16(10-25)22(30)31-11-20(29)26-19-8-13(2)32-27-19/h4-9H,11H2,1-3H3,(H,26,27,29)/b16-9+. The molecule has 1 aromatic carbocycles. The number of anilines is 1. The fourth-order valence-corrected chi connectivity index (χ4v) is 3.46. The van der Waals surface area contributed by atoms with E-state index in [4.69, 9.17) is 32.5 Å². The topological polar surface area (TPSA) is 110 Å². The van der Waals surface area contributed by atoms with Gasteiger partial charge >= 0.3 is 5.97 Å². The van der Waals surface area contributed by atoms with E-state index in [2.05, 4.69) is 10.5 Å². The summed E-state index contributed by atoms with van der Waals surface area (Å²) in [5.41, 5.74) is 2.61. The van der Waals surface area contributed by atoms with Crippen molar-refractivity contribution in [3.63, 3.8) is 0 Å². The molecule has 0 aliphatic rings. The summed E-state index contributed by atoms with van der Waals surface area (Å²) < 4.78 is 11.7. The molecule has 0 aliphatic carbocycles. The first-order valence-electron chi connectivity index (χ1n) is 9.36. The van der Waals surface area contributed by atoms with Gasteiger partial charge in [0.25, 0.3) is 5.91 Å². The first-order valence-corrected chi connectivity index (χ1v) is 10.1. The summed E-state index contributed by atoms with van der Waals surface area (Å²) in [6.07, 6.45) is 1.40. The molecular weight excluding hydrogens is 455 g/mol. The van der Waals surface area contributed by atoms with Gasteiger partial charge in [-0.15, -0.1) is 0 Å². The van der Waals surface area contributed by atoms with Gasteiger partial charge in [-0.3, -0.25) is 4.79 Å². The van der Waals surface area contributed by atoms with E-state index in [0.29, 0.717) is 27.1 Å². The largest absolute Gasteiger partial charge is 0.451 e. The molecule has 0 saturated heterocycles. The summed E-state index contributed by atoms with van der Waals surface area (Å²) in [7, 11) is 0. The minimum absolute atomic E-state index is 0.201. The third-order valence-electron chi connectivity index (χ3n) is 4.51. The molecule has 0 bridgehead atoms. The number of nitriles is 1. The van der Waals surface area contributed by atoms with Gasteiger partial charge in [0, 0.05) is 17.5 Å². The number of hydrogen-bond acceptors (Lipinski definition) is 6. The molecule has 32 heavy (non-hydrogen) atoms. The second-order valence-corrected chi connectivity index (χ2v) is 7.64. The molecular formula is C22H18Cl2N4O4. The number of esters is 1. The molecule has 10 heteroatoms. The Bertz CT molecular complexity index is 1270. The van der Waals surface area contributed by atoms with Crippen LogP contribution in [0.5, 0.6) is 0 Å². The van der Waals surface area contributed by atoms with Gasteiger partial charge in [0.05, 0.1) is 15.7 Å². The van der Waals surface area contributed by atoms with E-state index in [9.17, 15) is 14.9 Å². The normalized spacial score (nSPS) is 11.2. The molecule has 1 N–H and O–H groups in total. The second-order valence-electron chi connectivity index (χ2n) is 6.85. The van der Waals surface area contributed by atoms with E-state index >= 15 is 0 Å². The minimum atomic E-state index is -0.926. The zero-order chi connectivity index (χ0) is 23.4. The summed E-state index contributed by atoms with van der Waals surface area (Å²) >= 11 is 12.5. The Morgan fingerprint density at radius 2 is 2.03 bits per heavy atom. The molecule has 0 radical (unpaired) electrons. The van der Waals surface area contributed by atoms with E-state index in [1.807, 2.05) is 30.6 Å². The molecule has 0 fully saturated rings. The van der Waals surface area contributed by atoms with Crippen LogP contribution in [0.15, 0.2) is 40.4 Å².